The van der Waals surface area contributed by atoms with Crippen molar-refractivity contribution in [2.24, 2.45) is 5.92 Å². The molecule has 1 fully saturated rings. The van der Waals surface area contributed by atoms with Crippen LogP contribution in [0.4, 0.5) is 0 Å². The maximum absolute atomic E-state index is 11.5. The zero-order chi connectivity index (χ0) is 12.6. The Morgan fingerprint density at radius 3 is 2.56 bits per heavy atom. The van der Waals surface area contributed by atoms with E-state index in [1.165, 1.54) is 0 Å². The van der Waals surface area contributed by atoms with Crippen molar-refractivity contribution in [1.82, 2.24) is 4.90 Å². The van der Waals surface area contributed by atoms with Gasteiger partial charge in [0.2, 0.25) is 0 Å². The van der Waals surface area contributed by atoms with Crippen molar-refractivity contribution in [1.29, 1.82) is 0 Å². The van der Waals surface area contributed by atoms with E-state index in [4.69, 9.17) is 4.74 Å². The number of piperidine rings is 1. The first-order chi connectivity index (χ1) is 7.69. The normalized spacial score (nSPS) is 25.6. The lowest BCUT2D eigenvalue weighted by Gasteiger charge is -2.33. The zero-order valence-electron chi connectivity index (χ0n) is 10.9. The van der Waals surface area contributed by atoms with Gasteiger partial charge in [-0.1, -0.05) is 20.8 Å². The molecule has 0 spiro atoms. The number of hydrogen-bond donors (Lipinski definition) is 1. The van der Waals surface area contributed by atoms with Crippen molar-refractivity contribution in [2.75, 3.05) is 26.2 Å². The molecule has 0 amide bonds. The SMILES string of the molecule is CC.CCOC(=O)C1CN(CC)CCC1O. The molecular weight excluding hydrogens is 206 g/mol. The highest BCUT2D eigenvalue weighted by Gasteiger charge is 2.33. The van der Waals surface area contributed by atoms with Crippen LogP contribution in [-0.2, 0) is 9.53 Å². The summed E-state index contributed by atoms with van der Waals surface area (Å²) in [5.41, 5.74) is 0. The number of carbonyl (C=O) groups excluding carboxylic acids is 1. The highest BCUT2D eigenvalue weighted by atomic mass is 16.5. The number of aliphatic hydroxyl groups is 1. The van der Waals surface area contributed by atoms with Crippen molar-refractivity contribution in [3.05, 3.63) is 0 Å². The monoisotopic (exact) mass is 231 g/mol. The van der Waals surface area contributed by atoms with Crippen molar-refractivity contribution in [2.45, 2.75) is 40.2 Å². The quantitative estimate of drug-likeness (QED) is 0.743. The van der Waals surface area contributed by atoms with Gasteiger partial charge in [0, 0.05) is 13.1 Å². The lowest BCUT2D eigenvalue weighted by molar-refractivity contribution is -0.155. The van der Waals surface area contributed by atoms with Crippen LogP contribution in [0.25, 0.3) is 0 Å². The molecular formula is C12H25NO3. The summed E-state index contributed by atoms with van der Waals surface area (Å²) in [5, 5.41) is 9.65. The summed E-state index contributed by atoms with van der Waals surface area (Å²) in [6.45, 7) is 10.6. The molecule has 4 nitrogen and oxygen atoms in total. The lowest BCUT2D eigenvalue weighted by atomic mass is 9.95. The van der Waals surface area contributed by atoms with Crippen molar-refractivity contribution in [3.63, 3.8) is 0 Å². The summed E-state index contributed by atoms with van der Waals surface area (Å²) in [4.78, 5) is 13.6. The molecule has 1 heterocycles. The highest BCUT2D eigenvalue weighted by molar-refractivity contribution is 5.73. The second-order valence-electron chi connectivity index (χ2n) is 3.61. The fourth-order valence-electron chi connectivity index (χ4n) is 1.78. The second-order valence-corrected chi connectivity index (χ2v) is 3.61. The minimum absolute atomic E-state index is 0.266. The van der Waals surface area contributed by atoms with E-state index < -0.39 is 6.10 Å². The predicted octanol–water partition coefficient (Wildman–Crippen LogP) is 1.28. The van der Waals surface area contributed by atoms with Gasteiger partial charge in [-0.15, -0.1) is 0 Å². The third-order valence-electron chi connectivity index (χ3n) is 2.70. The van der Waals surface area contributed by atoms with Gasteiger partial charge < -0.3 is 14.7 Å². The Kier molecular flexibility index (Phi) is 8.21. The zero-order valence-corrected chi connectivity index (χ0v) is 10.9. The van der Waals surface area contributed by atoms with Crippen LogP contribution in [0.3, 0.4) is 0 Å². The fourth-order valence-corrected chi connectivity index (χ4v) is 1.78. The van der Waals surface area contributed by atoms with Gasteiger partial charge in [0.05, 0.1) is 18.6 Å². The number of aliphatic hydroxyl groups excluding tert-OH is 1. The Labute approximate surface area is 98.6 Å². The molecule has 16 heavy (non-hydrogen) atoms. The average Bonchev–Trinajstić information content (AvgIpc) is 2.32. The van der Waals surface area contributed by atoms with Crippen molar-refractivity contribution < 1.29 is 14.6 Å². The predicted molar refractivity (Wildman–Crippen MR) is 64.2 cm³/mol. The summed E-state index contributed by atoms with van der Waals surface area (Å²) >= 11 is 0. The van der Waals surface area contributed by atoms with Gasteiger partial charge in [-0.05, 0) is 19.9 Å². The smallest absolute Gasteiger partial charge is 0.312 e. The molecule has 1 aliphatic heterocycles. The molecule has 96 valence electrons. The average molecular weight is 231 g/mol. The molecule has 0 radical (unpaired) electrons. The Morgan fingerprint density at radius 1 is 1.44 bits per heavy atom. The molecule has 4 heteroatoms. The molecule has 1 rings (SSSR count). The number of hydrogen-bond acceptors (Lipinski definition) is 4. The number of esters is 1. The number of likely N-dealkylation sites (tertiary alicyclic amines) is 1. The van der Waals surface area contributed by atoms with Gasteiger partial charge in [0.1, 0.15) is 0 Å². The van der Waals surface area contributed by atoms with E-state index in [2.05, 4.69) is 11.8 Å². The Balaban J connectivity index is 0.00000106. The molecule has 0 aliphatic carbocycles. The molecule has 1 saturated heterocycles. The highest BCUT2D eigenvalue weighted by Crippen LogP contribution is 2.18. The van der Waals surface area contributed by atoms with E-state index in [1.54, 1.807) is 6.92 Å². The third-order valence-corrected chi connectivity index (χ3v) is 2.70. The minimum Gasteiger partial charge on any atom is -0.466 e. The van der Waals surface area contributed by atoms with Gasteiger partial charge in [0.25, 0.3) is 0 Å². The number of ether oxygens (including phenoxy) is 1. The first-order valence-corrected chi connectivity index (χ1v) is 6.26. The first kappa shape index (κ1) is 15.4. The molecule has 1 N–H and O–H groups in total. The van der Waals surface area contributed by atoms with E-state index in [-0.39, 0.29) is 11.9 Å². The van der Waals surface area contributed by atoms with Crippen LogP contribution >= 0.6 is 0 Å². The van der Waals surface area contributed by atoms with Crippen LogP contribution in [0, 0.1) is 5.92 Å². The van der Waals surface area contributed by atoms with Gasteiger partial charge in [0.15, 0.2) is 0 Å². The largest absolute Gasteiger partial charge is 0.466 e. The third kappa shape index (κ3) is 4.49. The van der Waals surface area contributed by atoms with Crippen LogP contribution in [0.1, 0.15) is 34.1 Å². The van der Waals surface area contributed by atoms with Crippen LogP contribution in [0.5, 0.6) is 0 Å². The molecule has 0 saturated carbocycles. The van der Waals surface area contributed by atoms with Gasteiger partial charge in [-0.2, -0.15) is 0 Å². The van der Waals surface area contributed by atoms with Gasteiger partial charge in [-0.3, -0.25) is 4.79 Å². The van der Waals surface area contributed by atoms with Gasteiger partial charge >= 0.3 is 5.97 Å². The van der Waals surface area contributed by atoms with Gasteiger partial charge in [-0.25, -0.2) is 0 Å². The van der Waals surface area contributed by atoms with E-state index in [9.17, 15) is 9.90 Å². The summed E-state index contributed by atoms with van der Waals surface area (Å²) in [7, 11) is 0. The number of rotatable bonds is 3. The van der Waals surface area contributed by atoms with Crippen molar-refractivity contribution in [3.8, 4) is 0 Å². The van der Waals surface area contributed by atoms with E-state index in [0.717, 1.165) is 13.1 Å². The summed E-state index contributed by atoms with van der Waals surface area (Å²) in [6.07, 6.45) is 0.133. The van der Waals surface area contributed by atoms with Crippen LogP contribution in [0.15, 0.2) is 0 Å². The fraction of sp³-hybridized carbons (Fsp3) is 0.917. The molecule has 0 aromatic carbocycles. The molecule has 0 bridgehead atoms. The molecule has 0 aromatic heterocycles. The Hall–Kier alpha value is -0.610. The van der Waals surface area contributed by atoms with Crippen LogP contribution in [0.2, 0.25) is 0 Å². The molecule has 1 aliphatic rings. The van der Waals surface area contributed by atoms with E-state index in [0.29, 0.717) is 19.6 Å². The van der Waals surface area contributed by atoms with E-state index >= 15 is 0 Å². The topological polar surface area (TPSA) is 49.8 Å². The molecule has 0 aromatic rings. The van der Waals surface area contributed by atoms with E-state index in [1.807, 2.05) is 13.8 Å². The Bertz CT molecular complexity index is 197. The number of nitrogens with zero attached hydrogens (tertiary/aromatic N) is 1. The van der Waals surface area contributed by atoms with Crippen molar-refractivity contribution >= 4 is 5.97 Å². The molecule has 2 atom stereocenters. The lowest BCUT2D eigenvalue weighted by Crippen LogP contribution is -2.46. The summed E-state index contributed by atoms with van der Waals surface area (Å²) in [6, 6.07) is 0. The Morgan fingerprint density at radius 2 is 2.06 bits per heavy atom. The maximum atomic E-state index is 11.5. The summed E-state index contributed by atoms with van der Waals surface area (Å²) in [5.74, 6) is -0.623. The minimum atomic E-state index is -0.531. The standard InChI is InChI=1S/C10H19NO3.C2H6/c1-3-11-6-5-9(12)8(7-11)10(13)14-4-2;1-2/h8-9,12H,3-7H2,1-2H3;1-2H3. The van der Waals surface area contributed by atoms with Crippen LogP contribution in [-0.4, -0.2) is 48.3 Å². The second kappa shape index (κ2) is 8.53. The maximum Gasteiger partial charge on any atom is 0.312 e. The first-order valence-electron chi connectivity index (χ1n) is 6.26. The summed E-state index contributed by atoms with van der Waals surface area (Å²) < 4.78 is 4.92. The van der Waals surface area contributed by atoms with Crippen LogP contribution < -0.4 is 0 Å². The number of carbonyl (C=O) groups is 1. The molecule has 2 unspecified atom stereocenters.